The first kappa shape index (κ1) is 23.0. The van der Waals surface area contributed by atoms with Gasteiger partial charge >= 0.3 is 0 Å². The molecule has 1 aliphatic heterocycles. The average Bonchev–Trinajstić information content (AvgIpc) is 2.64. The van der Waals surface area contributed by atoms with Crippen LogP contribution in [0.2, 0.25) is 5.02 Å². The van der Waals surface area contributed by atoms with E-state index in [4.69, 9.17) is 11.6 Å². The SMILES string of the molecule is CCN(CC)S(=O)(=O)N1CCN(S(=O)(=O)c2cc(Cl)c(C)c([N+](=O)[O-])c2)CC1. The van der Waals surface area contributed by atoms with Gasteiger partial charge in [-0.15, -0.1) is 0 Å². The number of halogens is 1. The second-order valence-corrected chi connectivity index (χ2v) is 10.5. The molecular formula is C15H23ClN4O6S2. The van der Waals surface area contributed by atoms with Crippen molar-refractivity contribution in [1.82, 2.24) is 12.9 Å². The average molecular weight is 455 g/mol. The molecule has 0 bridgehead atoms. The summed E-state index contributed by atoms with van der Waals surface area (Å²) in [6, 6.07) is 2.16. The quantitative estimate of drug-likeness (QED) is 0.454. The van der Waals surface area contributed by atoms with E-state index >= 15 is 0 Å². The van der Waals surface area contributed by atoms with Crippen LogP contribution in [-0.4, -0.2) is 73.9 Å². The molecule has 0 unspecified atom stereocenters. The Labute approximate surface area is 170 Å². The summed E-state index contributed by atoms with van der Waals surface area (Å²) in [6.45, 7) is 5.44. The van der Waals surface area contributed by atoms with E-state index < -0.39 is 25.2 Å². The van der Waals surface area contributed by atoms with E-state index in [-0.39, 0.29) is 47.3 Å². The first-order chi connectivity index (χ1) is 13.0. The van der Waals surface area contributed by atoms with Crippen LogP contribution in [0.25, 0.3) is 0 Å². The lowest BCUT2D eigenvalue weighted by atomic mass is 10.2. The zero-order chi connectivity index (χ0) is 21.3. The molecule has 158 valence electrons. The number of nitro benzene ring substituents is 1. The fraction of sp³-hybridized carbons (Fsp3) is 0.600. The van der Waals surface area contributed by atoms with Gasteiger partial charge in [0, 0.05) is 50.9 Å². The molecular weight excluding hydrogens is 432 g/mol. The van der Waals surface area contributed by atoms with Gasteiger partial charge in [-0.05, 0) is 13.0 Å². The topological polar surface area (TPSA) is 121 Å². The van der Waals surface area contributed by atoms with Crippen LogP contribution in [0.4, 0.5) is 5.69 Å². The van der Waals surface area contributed by atoms with Gasteiger partial charge in [0.25, 0.3) is 15.9 Å². The molecule has 0 aromatic heterocycles. The minimum absolute atomic E-state index is 0.000248. The van der Waals surface area contributed by atoms with Crippen LogP contribution in [0.15, 0.2) is 17.0 Å². The van der Waals surface area contributed by atoms with Crippen molar-refractivity contribution in [3.8, 4) is 0 Å². The third kappa shape index (κ3) is 4.31. The molecule has 0 saturated carbocycles. The Morgan fingerprint density at radius 3 is 2.04 bits per heavy atom. The summed E-state index contributed by atoms with van der Waals surface area (Å²) >= 11 is 5.98. The third-order valence-electron chi connectivity index (χ3n) is 4.68. The van der Waals surface area contributed by atoms with Crippen LogP contribution in [0.1, 0.15) is 19.4 Å². The number of hydrogen-bond donors (Lipinski definition) is 0. The highest BCUT2D eigenvalue weighted by Crippen LogP contribution is 2.31. The van der Waals surface area contributed by atoms with Crippen molar-refractivity contribution in [3.63, 3.8) is 0 Å². The molecule has 13 heteroatoms. The second-order valence-electron chi connectivity index (χ2n) is 6.20. The van der Waals surface area contributed by atoms with E-state index in [0.29, 0.717) is 13.1 Å². The van der Waals surface area contributed by atoms with Crippen molar-refractivity contribution in [3.05, 3.63) is 32.8 Å². The van der Waals surface area contributed by atoms with Crippen molar-refractivity contribution in [2.75, 3.05) is 39.3 Å². The molecule has 1 aromatic rings. The fourth-order valence-electron chi connectivity index (χ4n) is 2.98. The lowest BCUT2D eigenvalue weighted by Gasteiger charge is -2.35. The van der Waals surface area contributed by atoms with Crippen LogP contribution in [0.5, 0.6) is 0 Å². The van der Waals surface area contributed by atoms with Crippen LogP contribution in [0.3, 0.4) is 0 Å². The largest absolute Gasteiger partial charge is 0.282 e. The highest BCUT2D eigenvalue weighted by Gasteiger charge is 2.36. The van der Waals surface area contributed by atoms with Gasteiger partial charge in [-0.2, -0.15) is 21.3 Å². The molecule has 1 saturated heterocycles. The molecule has 0 radical (unpaired) electrons. The molecule has 1 heterocycles. The van der Waals surface area contributed by atoms with Gasteiger partial charge in [0.1, 0.15) is 0 Å². The summed E-state index contributed by atoms with van der Waals surface area (Å²) in [6.07, 6.45) is 0. The van der Waals surface area contributed by atoms with Crippen molar-refractivity contribution >= 4 is 37.5 Å². The zero-order valence-corrected chi connectivity index (χ0v) is 18.2. The van der Waals surface area contributed by atoms with Crippen LogP contribution in [0, 0.1) is 17.0 Å². The summed E-state index contributed by atoms with van der Waals surface area (Å²) < 4.78 is 54.6. The monoisotopic (exact) mass is 454 g/mol. The second kappa shape index (κ2) is 8.59. The van der Waals surface area contributed by atoms with Crippen molar-refractivity contribution in [2.45, 2.75) is 25.7 Å². The van der Waals surface area contributed by atoms with E-state index in [2.05, 4.69) is 0 Å². The predicted octanol–water partition coefficient (Wildman–Crippen LogP) is 1.45. The van der Waals surface area contributed by atoms with Crippen molar-refractivity contribution in [1.29, 1.82) is 0 Å². The Morgan fingerprint density at radius 2 is 1.57 bits per heavy atom. The molecule has 2 rings (SSSR count). The maximum absolute atomic E-state index is 12.9. The van der Waals surface area contributed by atoms with Gasteiger partial charge in [-0.1, -0.05) is 25.4 Å². The maximum atomic E-state index is 12.9. The number of hydrogen-bond acceptors (Lipinski definition) is 6. The molecule has 10 nitrogen and oxygen atoms in total. The van der Waals surface area contributed by atoms with Crippen molar-refractivity contribution in [2.24, 2.45) is 0 Å². The summed E-state index contributed by atoms with van der Waals surface area (Å²) in [5, 5.41) is 11.1. The van der Waals surface area contributed by atoms with E-state index in [1.807, 2.05) is 0 Å². The van der Waals surface area contributed by atoms with Gasteiger partial charge in [-0.25, -0.2) is 8.42 Å². The minimum atomic E-state index is -4.05. The smallest absolute Gasteiger partial charge is 0.258 e. The molecule has 1 aliphatic rings. The number of piperazine rings is 1. The van der Waals surface area contributed by atoms with Crippen LogP contribution in [-0.2, 0) is 20.2 Å². The summed E-state index contributed by atoms with van der Waals surface area (Å²) in [4.78, 5) is 10.2. The van der Waals surface area contributed by atoms with Gasteiger partial charge < -0.3 is 0 Å². The summed E-state index contributed by atoms with van der Waals surface area (Å²) in [5.74, 6) is 0. The lowest BCUT2D eigenvalue weighted by molar-refractivity contribution is -0.385. The Kier molecular flexibility index (Phi) is 7.05. The number of rotatable bonds is 7. The molecule has 28 heavy (non-hydrogen) atoms. The standard InChI is InChI=1S/C15H23ClN4O6S2/c1-4-17(5-2)28(25,26)19-8-6-18(7-9-19)27(23,24)13-10-14(16)12(3)15(11-13)20(21)22/h10-11H,4-9H2,1-3H3. The van der Waals surface area contributed by atoms with Gasteiger partial charge in [0.05, 0.1) is 14.8 Å². The molecule has 0 aliphatic carbocycles. The zero-order valence-electron chi connectivity index (χ0n) is 15.8. The Hall–Kier alpha value is -1.31. The number of nitro groups is 1. The first-order valence-electron chi connectivity index (χ1n) is 8.66. The minimum Gasteiger partial charge on any atom is -0.258 e. The summed E-state index contributed by atoms with van der Waals surface area (Å²) in [5.41, 5.74) is -0.199. The lowest BCUT2D eigenvalue weighted by Crippen LogP contribution is -2.54. The van der Waals surface area contributed by atoms with E-state index in [1.165, 1.54) is 21.6 Å². The van der Waals surface area contributed by atoms with Crippen LogP contribution < -0.4 is 0 Å². The van der Waals surface area contributed by atoms with Gasteiger partial charge in [0.2, 0.25) is 10.0 Å². The molecule has 0 atom stereocenters. The molecule has 1 aromatic carbocycles. The predicted molar refractivity (Wildman–Crippen MR) is 105 cm³/mol. The number of benzene rings is 1. The molecule has 0 N–H and O–H groups in total. The van der Waals surface area contributed by atoms with Gasteiger partial charge in [-0.3, -0.25) is 10.1 Å². The Bertz CT molecular complexity index is 955. The first-order valence-corrected chi connectivity index (χ1v) is 11.9. The Balaban J connectivity index is 2.26. The number of nitrogens with zero attached hydrogens (tertiary/aromatic N) is 4. The van der Waals surface area contributed by atoms with Gasteiger partial charge in [0.15, 0.2) is 0 Å². The molecule has 0 amide bonds. The van der Waals surface area contributed by atoms with E-state index in [1.54, 1.807) is 13.8 Å². The maximum Gasteiger partial charge on any atom is 0.282 e. The molecule has 0 spiro atoms. The van der Waals surface area contributed by atoms with Crippen molar-refractivity contribution < 1.29 is 21.8 Å². The third-order valence-corrected chi connectivity index (χ3v) is 9.14. The number of sulfonamides is 1. The van der Waals surface area contributed by atoms with Crippen LogP contribution >= 0.6 is 11.6 Å². The summed E-state index contributed by atoms with van der Waals surface area (Å²) in [7, 11) is -7.70. The highest BCUT2D eigenvalue weighted by atomic mass is 35.5. The highest BCUT2D eigenvalue weighted by molar-refractivity contribution is 7.89. The van der Waals surface area contributed by atoms with E-state index in [9.17, 15) is 26.9 Å². The Morgan fingerprint density at radius 1 is 1.07 bits per heavy atom. The molecule has 1 fully saturated rings. The van der Waals surface area contributed by atoms with E-state index in [0.717, 1.165) is 10.4 Å². The normalized spacial score (nSPS) is 17.2. The fourth-order valence-corrected chi connectivity index (χ4v) is 6.33.